The molecule has 46 heavy (non-hydrogen) atoms. The van der Waals surface area contributed by atoms with Crippen LogP contribution >= 0.6 is 0 Å². The Morgan fingerprint density at radius 3 is 2.02 bits per heavy atom. The second-order valence-corrected chi connectivity index (χ2v) is 13.8. The maximum atomic E-state index is 13.1. The number of carbonyl (C=O) groups excluding carboxylic acids is 1. The van der Waals surface area contributed by atoms with E-state index < -0.39 is 34.2 Å². The number of benzene rings is 1. The first-order valence-corrected chi connectivity index (χ1v) is 16.6. The molecule has 1 aliphatic carbocycles. The van der Waals surface area contributed by atoms with E-state index in [1.54, 1.807) is 33.1 Å². The predicted molar refractivity (Wildman–Crippen MR) is 168 cm³/mol. The zero-order chi connectivity index (χ0) is 34.8. The first-order chi connectivity index (χ1) is 21.5. The van der Waals surface area contributed by atoms with Crippen molar-refractivity contribution in [2.75, 3.05) is 74.2 Å². The number of amides is 1. The first-order valence-electron chi connectivity index (χ1n) is 15.2. The summed E-state index contributed by atoms with van der Waals surface area (Å²) in [5, 5.41) is 32.5. The number of carbonyl (C=O) groups is 3. The number of aliphatic carboxylic acids is 2. The Bertz CT molecular complexity index is 1250. The number of carboxylic acid groups (broad SMARTS) is 2. The molecule has 4 N–H and O–H groups in total. The van der Waals surface area contributed by atoms with Gasteiger partial charge in [-0.15, -0.1) is 0 Å². The van der Waals surface area contributed by atoms with Crippen molar-refractivity contribution in [3.8, 4) is 5.75 Å². The summed E-state index contributed by atoms with van der Waals surface area (Å²) in [5.41, 5.74) is 1.28. The molecule has 2 fully saturated rings. The van der Waals surface area contributed by atoms with Gasteiger partial charge in [-0.25, -0.2) is 18.0 Å². The van der Waals surface area contributed by atoms with Crippen LogP contribution in [0.2, 0.25) is 0 Å². The standard InChI is InChI=1S/C26H44N4O5S.C4H6O6/c1-20-16-24(34-6)17-21(2)26(20)36(32,33)28(4)14-15-35-19-25(31)29(5)22-8-7-9-23(18-22)30-12-10-27(3)11-13-30;5-1(3(7)8)2(6)4(9)10/h16-17,22-23H,7-15,18-19H2,1-6H3;1-2,5-6H,(H,7,8)(H,9,10)/t22-,23+;1-,2-/m10/s1. The summed E-state index contributed by atoms with van der Waals surface area (Å²) in [6.07, 6.45) is -0.170. The highest BCUT2D eigenvalue weighted by atomic mass is 32.2. The summed E-state index contributed by atoms with van der Waals surface area (Å²) in [6, 6.07) is 4.21. The fourth-order valence-electron chi connectivity index (χ4n) is 5.65. The number of likely N-dealkylation sites (N-methyl/N-ethyl adjacent to an activating group) is 3. The lowest BCUT2D eigenvalue weighted by Crippen LogP contribution is -2.52. The van der Waals surface area contributed by atoms with E-state index >= 15 is 0 Å². The quantitative estimate of drug-likeness (QED) is 0.202. The number of piperazine rings is 1. The van der Waals surface area contributed by atoms with Crippen LogP contribution in [0.3, 0.4) is 0 Å². The highest BCUT2D eigenvalue weighted by Crippen LogP contribution is 2.28. The number of hydrogen-bond donors (Lipinski definition) is 4. The fourth-order valence-corrected chi connectivity index (χ4v) is 7.21. The minimum Gasteiger partial charge on any atom is -0.497 e. The smallest absolute Gasteiger partial charge is 0.335 e. The third-order valence-electron chi connectivity index (χ3n) is 8.53. The lowest BCUT2D eigenvalue weighted by atomic mass is 9.88. The van der Waals surface area contributed by atoms with Crippen LogP contribution in [0.25, 0.3) is 0 Å². The van der Waals surface area contributed by atoms with Gasteiger partial charge in [0.1, 0.15) is 12.4 Å². The molecule has 1 saturated heterocycles. The van der Waals surface area contributed by atoms with Gasteiger partial charge in [-0.05, 0) is 69.8 Å². The first kappa shape index (κ1) is 39.3. The van der Waals surface area contributed by atoms with Gasteiger partial charge in [0.05, 0.1) is 18.6 Å². The summed E-state index contributed by atoms with van der Waals surface area (Å²) in [6.45, 7) is 8.21. The molecular formula is C30H50N4O11S. The maximum absolute atomic E-state index is 13.1. The van der Waals surface area contributed by atoms with Gasteiger partial charge in [-0.3, -0.25) is 9.69 Å². The summed E-state index contributed by atoms with van der Waals surface area (Å²) in [4.78, 5) is 39.4. The van der Waals surface area contributed by atoms with E-state index in [-0.39, 0.29) is 36.6 Å². The topological polar surface area (TPSA) is 198 Å². The summed E-state index contributed by atoms with van der Waals surface area (Å²) in [5.74, 6) is -2.96. The SMILES string of the molecule is COc1cc(C)c(S(=O)(=O)N(C)CCOCC(=O)N(C)[C@@H]2CCC[C@H](N3CCN(C)CC3)C2)c(C)c1.O=C(O)[C@@H](O)[C@H](O)C(=O)O. The molecule has 1 heterocycles. The van der Waals surface area contributed by atoms with Crippen molar-refractivity contribution >= 4 is 27.9 Å². The van der Waals surface area contributed by atoms with Crippen molar-refractivity contribution in [2.24, 2.45) is 0 Å². The Labute approximate surface area is 271 Å². The number of methoxy groups -OCH3 is 1. The fraction of sp³-hybridized carbons (Fsp3) is 0.700. The van der Waals surface area contributed by atoms with Gasteiger partial charge in [0, 0.05) is 58.9 Å². The second-order valence-electron chi connectivity index (χ2n) is 11.9. The van der Waals surface area contributed by atoms with Crippen LogP contribution in [-0.2, 0) is 29.1 Å². The molecule has 1 aliphatic heterocycles. The normalized spacial score (nSPS) is 20.7. The van der Waals surface area contributed by atoms with Crippen molar-refractivity contribution in [1.82, 2.24) is 19.0 Å². The minimum absolute atomic E-state index is 0.0410. The number of hydrogen-bond acceptors (Lipinski definition) is 11. The third-order valence-corrected chi connectivity index (χ3v) is 10.7. The van der Waals surface area contributed by atoms with Gasteiger partial charge in [-0.1, -0.05) is 0 Å². The van der Waals surface area contributed by atoms with Crippen molar-refractivity contribution in [3.63, 3.8) is 0 Å². The molecule has 16 heteroatoms. The van der Waals surface area contributed by atoms with Crippen LogP contribution in [0.5, 0.6) is 5.75 Å². The van der Waals surface area contributed by atoms with Gasteiger partial charge in [0.2, 0.25) is 15.9 Å². The Hall–Kier alpha value is -2.86. The lowest BCUT2D eigenvalue weighted by Gasteiger charge is -2.43. The number of aryl methyl sites for hydroxylation is 2. The molecule has 0 spiro atoms. The molecule has 2 aliphatic rings. The molecule has 1 amide bonds. The van der Waals surface area contributed by atoms with E-state index in [0.29, 0.717) is 22.9 Å². The van der Waals surface area contributed by atoms with Crippen LogP contribution in [0.4, 0.5) is 0 Å². The molecule has 1 aromatic carbocycles. The predicted octanol–water partition coefficient (Wildman–Crippen LogP) is -0.156. The van der Waals surface area contributed by atoms with E-state index in [0.717, 1.165) is 45.4 Å². The van der Waals surface area contributed by atoms with Crippen molar-refractivity contribution in [2.45, 2.75) is 68.7 Å². The van der Waals surface area contributed by atoms with Gasteiger partial charge < -0.3 is 39.7 Å². The van der Waals surface area contributed by atoms with E-state index in [2.05, 4.69) is 16.8 Å². The van der Waals surface area contributed by atoms with E-state index in [1.165, 1.54) is 17.8 Å². The molecule has 0 aromatic heterocycles. The third kappa shape index (κ3) is 10.9. The molecule has 262 valence electrons. The van der Waals surface area contributed by atoms with Gasteiger partial charge >= 0.3 is 11.9 Å². The molecule has 0 radical (unpaired) electrons. The van der Waals surface area contributed by atoms with Gasteiger partial charge in [0.15, 0.2) is 12.2 Å². The summed E-state index contributed by atoms with van der Waals surface area (Å²) in [7, 11) is 3.45. The molecule has 0 bridgehead atoms. The van der Waals surface area contributed by atoms with E-state index in [4.69, 9.17) is 29.9 Å². The lowest BCUT2D eigenvalue weighted by molar-refractivity contribution is -0.165. The second kappa shape index (κ2) is 17.9. The molecule has 4 atom stereocenters. The Balaban J connectivity index is 0.000000634. The molecule has 0 unspecified atom stereocenters. The molecule has 15 nitrogen and oxygen atoms in total. The molecule has 1 saturated carbocycles. The monoisotopic (exact) mass is 674 g/mol. The summed E-state index contributed by atoms with van der Waals surface area (Å²) < 4.78 is 38.4. The van der Waals surface area contributed by atoms with E-state index in [9.17, 15) is 22.8 Å². The zero-order valence-electron chi connectivity index (χ0n) is 27.6. The number of carboxylic acids is 2. The van der Waals surface area contributed by atoms with Crippen molar-refractivity contribution in [1.29, 1.82) is 0 Å². The van der Waals surface area contributed by atoms with Crippen molar-refractivity contribution in [3.05, 3.63) is 23.3 Å². The molecule has 3 rings (SSSR count). The Morgan fingerprint density at radius 2 is 1.52 bits per heavy atom. The Morgan fingerprint density at radius 1 is 0.978 bits per heavy atom. The van der Waals surface area contributed by atoms with Crippen molar-refractivity contribution < 1.29 is 52.7 Å². The number of ether oxygens (including phenoxy) is 2. The average Bonchev–Trinajstić information content (AvgIpc) is 3.01. The van der Waals surface area contributed by atoms with Gasteiger partial charge in [-0.2, -0.15) is 4.31 Å². The minimum atomic E-state index is -3.69. The van der Waals surface area contributed by atoms with Gasteiger partial charge in [0.25, 0.3) is 0 Å². The highest BCUT2D eigenvalue weighted by Gasteiger charge is 2.32. The van der Waals surface area contributed by atoms with E-state index in [1.807, 2.05) is 11.9 Å². The van der Waals surface area contributed by atoms with Crippen LogP contribution in [-0.4, -0.2) is 164 Å². The average molecular weight is 675 g/mol. The number of aliphatic hydroxyl groups is 2. The molecular weight excluding hydrogens is 624 g/mol. The number of rotatable bonds is 13. The van der Waals surface area contributed by atoms with Crippen LogP contribution < -0.4 is 4.74 Å². The van der Waals surface area contributed by atoms with Crippen LogP contribution in [0.15, 0.2) is 17.0 Å². The maximum Gasteiger partial charge on any atom is 0.335 e. The molecule has 1 aromatic rings. The van der Waals surface area contributed by atoms with Crippen LogP contribution in [0.1, 0.15) is 36.8 Å². The largest absolute Gasteiger partial charge is 0.497 e. The Kier molecular flexibility index (Phi) is 15.3. The zero-order valence-corrected chi connectivity index (χ0v) is 28.4. The number of sulfonamides is 1. The van der Waals surface area contributed by atoms with Crippen LogP contribution in [0, 0.1) is 13.8 Å². The number of nitrogens with zero attached hydrogens (tertiary/aromatic N) is 4. The number of aliphatic hydroxyl groups excluding tert-OH is 2. The highest BCUT2D eigenvalue weighted by molar-refractivity contribution is 7.89. The summed E-state index contributed by atoms with van der Waals surface area (Å²) >= 11 is 0.